The molecule has 19 heavy (non-hydrogen) atoms. The number of ether oxygens (including phenoxy) is 1. The molecule has 2 rings (SSSR count). The Labute approximate surface area is 102 Å². The van der Waals surface area contributed by atoms with Crippen molar-refractivity contribution in [1.29, 1.82) is 0 Å². The van der Waals surface area contributed by atoms with Crippen LogP contribution in [0.3, 0.4) is 0 Å². The smallest absolute Gasteiger partial charge is 0.444 e. The summed E-state index contributed by atoms with van der Waals surface area (Å²) in [5, 5.41) is 21.5. The molecule has 1 aromatic rings. The normalized spacial score (nSPS) is 22.2. The van der Waals surface area contributed by atoms with Crippen molar-refractivity contribution in [3.63, 3.8) is 0 Å². The summed E-state index contributed by atoms with van der Waals surface area (Å²) in [5.41, 5.74) is -0.746. The van der Waals surface area contributed by atoms with E-state index in [0.29, 0.717) is 6.07 Å². The Morgan fingerprint density at radius 3 is 2.58 bits per heavy atom. The number of hydrogen-bond acceptors (Lipinski definition) is 5. The maximum absolute atomic E-state index is 12.6. The Kier molecular flexibility index (Phi) is 2.63. The van der Waals surface area contributed by atoms with E-state index in [4.69, 9.17) is 0 Å². The SMILES string of the molecule is O=C1Nc2ccc([N+](=O)[O-])cc2O[C@]1(O)C(F)(F)F. The van der Waals surface area contributed by atoms with Crippen LogP contribution in [0.25, 0.3) is 0 Å². The summed E-state index contributed by atoms with van der Waals surface area (Å²) in [6.45, 7) is 0. The molecule has 1 aliphatic heterocycles. The van der Waals surface area contributed by atoms with E-state index in [1.54, 1.807) is 5.32 Å². The molecule has 7 nitrogen and oxygen atoms in total. The van der Waals surface area contributed by atoms with E-state index in [1.807, 2.05) is 0 Å². The molecule has 102 valence electrons. The quantitative estimate of drug-likeness (QED) is 0.593. The molecule has 2 N–H and O–H groups in total. The molecule has 0 saturated carbocycles. The third kappa shape index (κ3) is 1.95. The van der Waals surface area contributed by atoms with Crippen LogP contribution in [0.2, 0.25) is 0 Å². The lowest BCUT2D eigenvalue weighted by Crippen LogP contribution is -2.60. The summed E-state index contributed by atoms with van der Waals surface area (Å²) in [5.74, 6) is -6.54. The second kappa shape index (κ2) is 3.82. The van der Waals surface area contributed by atoms with Crippen molar-refractivity contribution >= 4 is 17.3 Å². The van der Waals surface area contributed by atoms with E-state index in [-0.39, 0.29) is 5.69 Å². The van der Waals surface area contributed by atoms with Gasteiger partial charge in [0, 0.05) is 6.07 Å². The molecule has 1 amide bonds. The zero-order valence-electron chi connectivity index (χ0n) is 8.89. The highest BCUT2D eigenvalue weighted by Gasteiger charge is 2.64. The van der Waals surface area contributed by atoms with E-state index in [2.05, 4.69) is 4.74 Å². The highest BCUT2D eigenvalue weighted by molar-refractivity contribution is 6.00. The first kappa shape index (κ1) is 13.1. The van der Waals surface area contributed by atoms with Gasteiger partial charge in [-0.2, -0.15) is 13.2 Å². The number of non-ortho nitro benzene ring substituents is 1. The average molecular weight is 278 g/mol. The fourth-order valence-electron chi connectivity index (χ4n) is 1.41. The third-order valence-electron chi connectivity index (χ3n) is 2.37. The summed E-state index contributed by atoms with van der Waals surface area (Å²) in [7, 11) is 0. The van der Waals surface area contributed by atoms with Gasteiger partial charge >= 0.3 is 17.9 Å². The Hall–Kier alpha value is -2.36. The molecule has 0 fully saturated rings. The summed E-state index contributed by atoms with van der Waals surface area (Å²) in [6, 6.07) is 2.65. The largest absolute Gasteiger partial charge is 0.465 e. The lowest BCUT2D eigenvalue weighted by atomic mass is 10.1. The van der Waals surface area contributed by atoms with Crippen LogP contribution in [0.15, 0.2) is 18.2 Å². The van der Waals surface area contributed by atoms with Gasteiger partial charge in [0.2, 0.25) is 0 Å². The standard InChI is InChI=1S/C9H5F3N2O5/c10-9(11,12)8(16)7(15)13-5-2-1-4(14(17)18)3-6(5)19-8/h1-3,16H,(H,13,15)/t8-/m0/s1. The molecule has 0 unspecified atom stereocenters. The molecule has 1 aliphatic rings. The van der Waals surface area contributed by atoms with Gasteiger partial charge in [-0.25, -0.2) is 0 Å². The van der Waals surface area contributed by atoms with Crippen LogP contribution in [-0.4, -0.2) is 27.9 Å². The second-order valence-electron chi connectivity index (χ2n) is 3.64. The number of carbonyl (C=O) groups excluding carboxylic acids is 1. The van der Waals surface area contributed by atoms with Crippen LogP contribution >= 0.6 is 0 Å². The van der Waals surface area contributed by atoms with E-state index >= 15 is 0 Å². The van der Waals surface area contributed by atoms with Gasteiger partial charge in [-0.1, -0.05) is 0 Å². The number of amides is 1. The minimum Gasteiger partial charge on any atom is -0.444 e. The average Bonchev–Trinajstić information content (AvgIpc) is 2.28. The van der Waals surface area contributed by atoms with E-state index in [1.165, 1.54) is 0 Å². The fourth-order valence-corrected chi connectivity index (χ4v) is 1.41. The molecule has 0 spiro atoms. The van der Waals surface area contributed by atoms with E-state index < -0.39 is 34.2 Å². The Morgan fingerprint density at radius 2 is 2.05 bits per heavy atom. The number of anilines is 1. The van der Waals surface area contributed by atoms with Gasteiger partial charge < -0.3 is 15.2 Å². The summed E-state index contributed by atoms with van der Waals surface area (Å²) < 4.78 is 41.9. The highest BCUT2D eigenvalue weighted by atomic mass is 19.4. The van der Waals surface area contributed by atoms with Crippen LogP contribution < -0.4 is 10.1 Å². The van der Waals surface area contributed by atoms with Gasteiger partial charge in [-0.15, -0.1) is 0 Å². The fraction of sp³-hybridized carbons (Fsp3) is 0.222. The number of benzene rings is 1. The van der Waals surface area contributed by atoms with Gasteiger partial charge in [0.15, 0.2) is 5.75 Å². The molecular formula is C9H5F3N2O5. The van der Waals surface area contributed by atoms with Crippen LogP contribution in [0, 0.1) is 10.1 Å². The summed E-state index contributed by atoms with van der Waals surface area (Å²) >= 11 is 0. The molecule has 0 aliphatic carbocycles. The highest BCUT2D eigenvalue weighted by Crippen LogP contribution is 2.41. The molecule has 0 radical (unpaired) electrons. The van der Waals surface area contributed by atoms with Gasteiger partial charge in [-0.05, 0) is 6.07 Å². The zero-order chi connectivity index (χ0) is 14.4. The van der Waals surface area contributed by atoms with Crippen LogP contribution in [0.4, 0.5) is 24.5 Å². The first-order valence-electron chi connectivity index (χ1n) is 4.73. The lowest BCUT2D eigenvalue weighted by molar-refractivity contribution is -0.385. The Morgan fingerprint density at radius 1 is 1.42 bits per heavy atom. The second-order valence-corrected chi connectivity index (χ2v) is 3.64. The molecule has 0 aromatic heterocycles. The zero-order valence-corrected chi connectivity index (χ0v) is 8.89. The number of nitro benzene ring substituents is 1. The number of hydrogen-bond donors (Lipinski definition) is 2. The van der Waals surface area contributed by atoms with Crippen molar-refractivity contribution in [3.8, 4) is 5.75 Å². The van der Waals surface area contributed by atoms with Crippen LogP contribution in [0.1, 0.15) is 0 Å². The summed E-state index contributed by atoms with van der Waals surface area (Å²) in [4.78, 5) is 20.8. The molecule has 1 atom stereocenters. The number of fused-ring (bicyclic) bond motifs is 1. The third-order valence-corrected chi connectivity index (χ3v) is 2.37. The topological polar surface area (TPSA) is 102 Å². The number of nitro groups is 1. The maximum Gasteiger partial charge on any atom is 0.465 e. The van der Waals surface area contributed by atoms with E-state index in [9.17, 15) is 33.2 Å². The predicted molar refractivity (Wildman–Crippen MR) is 53.4 cm³/mol. The summed E-state index contributed by atoms with van der Waals surface area (Å²) in [6.07, 6.45) is -5.39. The maximum atomic E-state index is 12.6. The number of aliphatic hydroxyl groups is 1. The first-order valence-corrected chi connectivity index (χ1v) is 4.73. The minimum absolute atomic E-state index is 0.204. The van der Waals surface area contributed by atoms with Crippen LogP contribution in [0.5, 0.6) is 5.75 Å². The van der Waals surface area contributed by atoms with Crippen molar-refractivity contribution in [2.75, 3.05) is 5.32 Å². The van der Waals surface area contributed by atoms with Crippen LogP contribution in [-0.2, 0) is 4.79 Å². The number of nitrogens with zero attached hydrogens (tertiary/aromatic N) is 1. The number of alkyl halides is 3. The van der Waals surface area contributed by atoms with E-state index in [0.717, 1.165) is 12.1 Å². The molecule has 0 bridgehead atoms. The lowest BCUT2D eigenvalue weighted by Gasteiger charge is -2.33. The molecule has 1 aromatic carbocycles. The van der Waals surface area contributed by atoms with Gasteiger partial charge in [0.05, 0.1) is 16.7 Å². The minimum atomic E-state index is -5.39. The number of carbonyl (C=O) groups is 1. The van der Waals surface area contributed by atoms with Crippen molar-refractivity contribution < 1.29 is 32.7 Å². The molecule has 10 heteroatoms. The van der Waals surface area contributed by atoms with Crippen molar-refractivity contribution in [1.82, 2.24) is 0 Å². The van der Waals surface area contributed by atoms with Gasteiger partial charge in [0.1, 0.15) is 0 Å². The Bertz CT molecular complexity index is 573. The monoisotopic (exact) mass is 278 g/mol. The molecule has 0 saturated heterocycles. The van der Waals surface area contributed by atoms with Gasteiger partial charge in [-0.3, -0.25) is 14.9 Å². The molecular weight excluding hydrogens is 273 g/mol. The number of rotatable bonds is 1. The molecule has 1 heterocycles. The number of nitrogens with one attached hydrogen (secondary N) is 1. The van der Waals surface area contributed by atoms with Crippen molar-refractivity contribution in [3.05, 3.63) is 28.3 Å². The first-order chi connectivity index (χ1) is 8.65. The van der Waals surface area contributed by atoms with Gasteiger partial charge in [0.25, 0.3) is 5.69 Å². The Balaban J connectivity index is 2.49. The number of halogens is 3. The van der Waals surface area contributed by atoms with Crippen molar-refractivity contribution in [2.45, 2.75) is 12.0 Å². The predicted octanol–water partition coefficient (Wildman–Crippen LogP) is 1.18. The van der Waals surface area contributed by atoms with Crippen molar-refractivity contribution in [2.24, 2.45) is 0 Å².